The predicted molar refractivity (Wildman–Crippen MR) is 126 cm³/mol. The first-order chi connectivity index (χ1) is 15.7. The summed E-state index contributed by atoms with van der Waals surface area (Å²) in [5.74, 6) is -0.202. The predicted octanol–water partition coefficient (Wildman–Crippen LogP) is 5.97. The van der Waals surface area contributed by atoms with E-state index in [9.17, 15) is 9.18 Å². The number of hydrogen-bond acceptors (Lipinski definition) is 1. The fraction of sp³-hybridized carbons (Fsp3) is 0.250. The molecule has 0 radical (unpaired) electrons. The zero-order valence-corrected chi connectivity index (χ0v) is 18.1. The first kappa shape index (κ1) is 20.5. The Hall–Kier alpha value is -3.40. The summed E-state index contributed by atoms with van der Waals surface area (Å²) in [6.45, 7) is 2.44. The highest BCUT2D eigenvalue weighted by Gasteiger charge is 2.26. The zero-order valence-electron chi connectivity index (χ0n) is 18.1. The van der Waals surface area contributed by atoms with Gasteiger partial charge >= 0.3 is 0 Å². The van der Waals surface area contributed by atoms with Gasteiger partial charge in [0.15, 0.2) is 0 Å². The van der Waals surface area contributed by atoms with Crippen LogP contribution < -0.4 is 0 Å². The van der Waals surface area contributed by atoms with Gasteiger partial charge in [-0.15, -0.1) is 0 Å². The van der Waals surface area contributed by atoms with Gasteiger partial charge in [-0.2, -0.15) is 0 Å². The second kappa shape index (κ2) is 8.99. The molecule has 0 N–H and O–H groups in total. The first-order valence-electron chi connectivity index (χ1n) is 11.3. The molecule has 0 saturated carbocycles. The second-order valence-corrected chi connectivity index (χ2v) is 8.61. The molecule has 1 aliphatic heterocycles. The molecule has 0 bridgehead atoms. The lowest BCUT2D eigenvalue weighted by atomic mass is 9.88. The summed E-state index contributed by atoms with van der Waals surface area (Å²) in [5, 5.41) is 1.15. The van der Waals surface area contributed by atoms with E-state index in [0.29, 0.717) is 6.42 Å². The molecule has 1 fully saturated rings. The van der Waals surface area contributed by atoms with Crippen LogP contribution in [0.4, 0.5) is 4.39 Å². The average molecular weight is 427 g/mol. The molecule has 0 spiro atoms. The third-order valence-corrected chi connectivity index (χ3v) is 6.50. The van der Waals surface area contributed by atoms with E-state index in [2.05, 4.69) is 53.2 Å². The van der Waals surface area contributed by atoms with E-state index in [1.807, 2.05) is 29.2 Å². The van der Waals surface area contributed by atoms with Crippen LogP contribution in [-0.4, -0.2) is 28.5 Å². The number of aromatic nitrogens is 1. The van der Waals surface area contributed by atoms with E-state index in [1.165, 1.54) is 17.7 Å². The van der Waals surface area contributed by atoms with Crippen LogP contribution in [0, 0.1) is 5.82 Å². The minimum atomic E-state index is -0.259. The Morgan fingerprint density at radius 2 is 1.56 bits per heavy atom. The Bertz CT molecular complexity index is 1210. The number of rotatable bonds is 6. The van der Waals surface area contributed by atoms with Crippen LogP contribution in [0.3, 0.4) is 0 Å². The Kier molecular flexibility index (Phi) is 5.76. The SMILES string of the molecule is O=C(C[C@@H](c1ccc(F)cc1)c1cn(Cc2ccccc2)c2ccccc12)N1CCCC1. The van der Waals surface area contributed by atoms with Gasteiger partial charge in [0.05, 0.1) is 0 Å². The second-order valence-electron chi connectivity index (χ2n) is 8.61. The van der Waals surface area contributed by atoms with Crippen molar-refractivity contribution in [3.8, 4) is 0 Å². The van der Waals surface area contributed by atoms with Crippen LogP contribution in [0.25, 0.3) is 10.9 Å². The van der Waals surface area contributed by atoms with Crippen LogP contribution in [-0.2, 0) is 11.3 Å². The van der Waals surface area contributed by atoms with E-state index in [0.717, 1.165) is 54.5 Å². The fourth-order valence-corrected chi connectivity index (χ4v) is 4.84. The molecule has 5 rings (SSSR count). The number of carbonyl (C=O) groups excluding carboxylic acids is 1. The molecule has 4 heteroatoms. The molecule has 1 aliphatic rings. The van der Waals surface area contributed by atoms with Gasteiger partial charge in [-0.1, -0.05) is 60.7 Å². The minimum absolute atomic E-state index is 0.120. The topological polar surface area (TPSA) is 25.2 Å². The van der Waals surface area contributed by atoms with Crippen LogP contribution in [0.1, 0.15) is 41.9 Å². The molecule has 2 heterocycles. The van der Waals surface area contributed by atoms with Crippen molar-refractivity contribution in [2.24, 2.45) is 0 Å². The van der Waals surface area contributed by atoms with E-state index >= 15 is 0 Å². The largest absolute Gasteiger partial charge is 0.343 e. The monoisotopic (exact) mass is 426 g/mol. The van der Waals surface area contributed by atoms with Gasteiger partial charge in [-0.3, -0.25) is 4.79 Å². The molecule has 1 saturated heterocycles. The highest BCUT2D eigenvalue weighted by Crippen LogP contribution is 2.36. The molecule has 3 nitrogen and oxygen atoms in total. The third kappa shape index (κ3) is 4.18. The molecule has 0 unspecified atom stereocenters. The molecule has 1 aromatic heterocycles. The van der Waals surface area contributed by atoms with Crippen LogP contribution >= 0.6 is 0 Å². The molecular weight excluding hydrogens is 399 g/mol. The summed E-state index contributed by atoms with van der Waals surface area (Å²) in [5.41, 5.74) is 4.47. The van der Waals surface area contributed by atoms with Crippen LogP contribution in [0.5, 0.6) is 0 Å². The van der Waals surface area contributed by atoms with Gasteiger partial charge in [-0.05, 0) is 47.7 Å². The van der Waals surface area contributed by atoms with E-state index in [1.54, 1.807) is 0 Å². The van der Waals surface area contributed by atoms with Crippen molar-refractivity contribution in [3.63, 3.8) is 0 Å². The number of halogens is 1. The number of likely N-dealkylation sites (tertiary alicyclic amines) is 1. The average Bonchev–Trinajstić information content (AvgIpc) is 3.48. The molecule has 0 aliphatic carbocycles. The molecule has 1 atom stereocenters. The quantitative estimate of drug-likeness (QED) is 0.373. The van der Waals surface area contributed by atoms with Crippen molar-refractivity contribution < 1.29 is 9.18 Å². The summed E-state index contributed by atoms with van der Waals surface area (Å²) in [6.07, 6.45) is 4.72. The lowest BCUT2D eigenvalue weighted by Crippen LogP contribution is -2.29. The zero-order chi connectivity index (χ0) is 21.9. The smallest absolute Gasteiger partial charge is 0.223 e. The van der Waals surface area contributed by atoms with Crippen molar-refractivity contribution in [1.29, 1.82) is 0 Å². The van der Waals surface area contributed by atoms with Gasteiger partial charge in [-0.25, -0.2) is 4.39 Å². The normalized spacial score (nSPS) is 14.7. The number of benzene rings is 3. The van der Waals surface area contributed by atoms with Gasteiger partial charge in [0.1, 0.15) is 5.82 Å². The molecule has 162 valence electrons. The highest BCUT2D eigenvalue weighted by atomic mass is 19.1. The van der Waals surface area contributed by atoms with E-state index in [4.69, 9.17) is 0 Å². The summed E-state index contributed by atoms with van der Waals surface area (Å²) < 4.78 is 15.9. The summed E-state index contributed by atoms with van der Waals surface area (Å²) >= 11 is 0. The van der Waals surface area contributed by atoms with Crippen molar-refractivity contribution in [1.82, 2.24) is 9.47 Å². The third-order valence-electron chi connectivity index (χ3n) is 6.50. The Labute approximate surface area is 188 Å². The summed E-state index contributed by atoms with van der Waals surface area (Å²) in [4.78, 5) is 15.1. The maximum Gasteiger partial charge on any atom is 0.223 e. The van der Waals surface area contributed by atoms with Gasteiger partial charge in [0, 0.05) is 49.1 Å². The maximum atomic E-state index is 13.7. The summed E-state index contributed by atoms with van der Waals surface area (Å²) in [6, 6.07) is 25.4. The van der Waals surface area contributed by atoms with Crippen LogP contribution in [0.2, 0.25) is 0 Å². The van der Waals surface area contributed by atoms with Gasteiger partial charge < -0.3 is 9.47 Å². The van der Waals surface area contributed by atoms with Gasteiger partial charge in [0.2, 0.25) is 5.91 Å². The molecular formula is C28H27FN2O. The van der Waals surface area contributed by atoms with Crippen molar-refractivity contribution >= 4 is 16.8 Å². The number of nitrogens with zero attached hydrogens (tertiary/aromatic N) is 2. The molecule has 1 amide bonds. The standard InChI is InChI=1S/C28H27FN2O/c29-23-14-12-22(13-15-23)25(18-28(32)30-16-6-7-17-30)26-20-31(19-21-8-2-1-3-9-21)27-11-5-4-10-24(26)27/h1-5,8-15,20,25H,6-7,16-19H2/t25-/m0/s1. The van der Waals surface area contributed by atoms with E-state index in [-0.39, 0.29) is 17.6 Å². The number of para-hydroxylation sites is 1. The molecule has 32 heavy (non-hydrogen) atoms. The van der Waals surface area contributed by atoms with Gasteiger partial charge in [0.25, 0.3) is 0 Å². The number of fused-ring (bicyclic) bond motifs is 1. The van der Waals surface area contributed by atoms with E-state index < -0.39 is 0 Å². The van der Waals surface area contributed by atoms with Crippen molar-refractivity contribution in [2.75, 3.05) is 13.1 Å². The number of carbonyl (C=O) groups is 1. The van der Waals surface area contributed by atoms with Crippen molar-refractivity contribution in [3.05, 3.63) is 108 Å². The molecule has 4 aromatic rings. The first-order valence-corrected chi connectivity index (χ1v) is 11.3. The van der Waals surface area contributed by atoms with Crippen molar-refractivity contribution in [2.45, 2.75) is 31.7 Å². The van der Waals surface area contributed by atoms with Crippen LogP contribution in [0.15, 0.2) is 85.1 Å². The minimum Gasteiger partial charge on any atom is -0.343 e. The number of amides is 1. The Morgan fingerprint density at radius 3 is 2.31 bits per heavy atom. The lowest BCUT2D eigenvalue weighted by Gasteiger charge is -2.21. The lowest BCUT2D eigenvalue weighted by molar-refractivity contribution is -0.130. The Balaban J connectivity index is 1.57. The fourth-order valence-electron chi connectivity index (χ4n) is 4.84. The maximum absolute atomic E-state index is 13.7. The summed E-state index contributed by atoms with van der Waals surface area (Å²) in [7, 11) is 0. The molecule has 3 aromatic carbocycles. The Morgan fingerprint density at radius 1 is 0.875 bits per heavy atom. The highest BCUT2D eigenvalue weighted by molar-refractivity contribution is 5.87. The number of hydrogen-bond donors (Lipinski definition) is 0.